The molecule has 0 aliphatic carbocycles. The average molecular weight is 284 g/mol. The van der Waals surface area contributed by atoms with E-state index < -0.39 is 11.2 Å². The fourth-order valence-corrected chi connectivity index (χ4v) is 2.18. The van der Waals surface area contributed by atoms with E-state index in [1.807, 2.05) is 20.8 Å². The zero-order valence-corrected chi connectivity index (χ0v) is 12.8. The van der Waals surface area contributed by atoms with Crippen LogP contribution in [0.2, 0.25) is 0 Å². The van der Waals surface area contributed by atoms with Gasteiger partial charge in [-0.2, -0.15) is 0 Å². The maximum Gasteiger partial charge on any atom is 0.331 e. The zero-order chi connectivity index (χ0) is 15.4. The van der Waals surface area contributed by atoms with E-state index in [0.29, 0.717) is 13.2 Å². The third-order valence-electron chi connectivity index (χ3n) is 3.32. The second kappa shape index (κ2) is 6.74. The summed E-state index contributed by atoms with van der Waals surface area (Å²) >= 11 is 0. The maximum absolute atomic E-state index is 12.0. The molecule has 0 saturated carbocycles. The van der Waals surface area contributed by atoms with Gasteiger partial charge in [0.15, 0.2) is 0 Å². The lowest BCUT2D eigenvalue weighted by atomic mass is 10.0. The van der Waals surface area contributed by atoms with E-state index in [1.165, 1.54) is 4.57 Å². The Bertz CT molecular complexity index is 557. The fraction of sp³-hybridized carbons (Fsp3) is 0.714. The van der Waals surface area contributed by atoms with E-state index in [0.717, 1.165) is 0 Å². The summed E-state index contributed by atoms with van der Waals surface area (Å²) in [6.07, 6.45) is 0. The van der Waals surface area contributed by atoms with Crippen molar-refractivity contribution in [3.63, 3.8) is 0 Å². The van der Waals surface area contributed by atoms with Crippen LogP contribution in [0, 0.1) is 5.92 Å². The first kappa shape index (κ1) is 16.5. The Kier molecular flexibility index (Phi) is 5.56. The van der Waals surface area contributed by atoms with Gasteiger partial charge in [-0.15, -0.1) is 0 Å². The van der Waals surface area contributed by atoms with Gasteiger partial charge in [0.1, 0.15) is 0 Å². The van der Waals surface area contributed by atoms with Crippen LogP contribution in [0.15, 0.2) is 9.59 Å². The van der Waals surface area contributed by atoms with Gasteiger partial charge < -0.3 is 9.84 Å². The van der Waals surface area contributed by atoms with Crippen molar-refractivity contribution in [1.82, 2.24) is 9.55 Å². The molecule has 0 radical (unpaired) electrons. The van der Waals surface area contributed by atoms with Gasteiger partial charge in [0, 0.05) is 6.61 Å². The minimum Gasteiger partial charge on any atom is -0.494 e. The highest BCUT2D eigenvalue weighted by Crippen LogP contribution is 2.26. The Morgan fingerprint density at radius 2 is 1.85 bits per heavy atom. The molecule has 114 valence electrons. The lowest BCUT2D eigenvalue weighted by Gasteiger charge is -2.25. The summed E-state index contributed by atoms with van der Waals surface area (Å²) in [7, 11) is 0. The molecular formula is C14H24N2O4. The van der Waals surface area contributed by atoms with Gasteiger partial charge >= 0.3 is 5.69 Å². The molecule has 1 heterocycles. The van der Waals surface area contributed by atoms with Crippen LogP contribution >= 0.6 is 0 Å². The molecule has 0 aliphatic heterocycles. The predicted molar refractivity (Wildman–Crippen MR) is 77.4 cm³/mol. The second-order valence-electron chi connectivity index (χ2n) is 5.49. The Morgan fingerprint density at radius 3 is 2.30 bits per heavy atom. The van der Waals surface area contributed by atoms with Crippen molar-refractivity contribution < 1.29 is 9.84 Å². The summed E-state index contributed by atoms with van der Waals surface area (Å²) in [6.45, 7) is 10.2. The van der Waals surface area contributed by atoms with Crippen LogP contribution in [0.1, 0.15) is 52.1 Å². The van der Waals surface area contributed by atoms with Crippen LogP contribution in [0.3, 0.4) is 0 Å². The summed E-state index contributed by atoms with van der Waals surface area (Å²) in [5.41, 5.74) is -0.903. The fourth-order valence-electron chi connectivity index (χ4n) is 2.18. The summed E-state index contributed by atoms with van der Waals surface area (Å²) in [5.74, 6) is -0.353. The molecule has 1 aromatic rings. The van der Waals surface area contributed by atoms with Crippen LogP contribution < -0.4 is 11.2 Å². The molecule has 0 bridgehead atoms. The van der Waals surface area contributed by atoms with E-state index in [-0.39, 0.29) is 29.3 Å². The van der Waals surface area contributed by atoms with Gasteiger partial charge in [-0.1, -0.05) is 27.7 Å². The van der Waals surface area contributed by atoms with E-state index in [1.54, 1.807) is 13.8 Å². The number of rotatable bonds is 6. The Balaban J connectivity index is 3.45. The minimum atomic E-state index is -0.602. The normalized spacial score (nSPS) is 13.2. The van der Waals surface area contributed by atoms with Crippen molar-refractivity contribution in [2.45, 2.75) is 46.6 Å². The lowest BCUT2D eigenvalue weighted by molar-refractivity contribution is 0.0902. The molecule has 6 nitrogen and oxygen atoms in total. The van der Waals surface area contributed by atoms with Crippen molar-refractivity contribution in [3.05, 3.63) is 26.4 Å². The number of H-pyrrole nitrogens is 1. The quantitative estimate of drug-likeness (QED) is 0.831. The number of nitrogens with zero attached hydrogens (tertiary/aromatic N) is 1. The van der Waals surface area contributed by atoms with Crippen molar-refractivity contribution >= 4 is 0 Å². The molecule has 0 aromatic carbocycles. The monoisotopic (exact) mass is 284 g/mol. The lowest BCUT2D eigenvalue weighted by Crippen LogP contribution is -2.38. The van der Waals surface area contributed by atoms with E-state index in [2.05, 4.69) is 4.98 Å². The van der Waals surface area contributed by atoms with E-state index >= 15 is 0 Å². The first-order valence-electron chi connectivity index (χ1n) is 6.96. The van der Waals surface area contributed by atoms with Gasteiger partial charge in [0.25, 0.3) is 5.56 Å². The molecule has 1 rings (SSSR count). The summed E-state index contributed by atoms with van der Waals surface area (Å²) < 4.78 is 6.62. The van der Waals surface area contributed by atoms with Gasteiger partial charge in [0.2, 0.25) is 5.88 Å². The number of hydrogen-bond donors (Lipinski definition) is 2. The molecule has 0 spiro atoms. The third-order valence-corrected chi connectivity index (χ3v) is 3.32. The first-order chi connectivity index (χ1) is 9.31. The Labute approximate surface area is 118 Å². The van der Waals surface area contributed by atoms with Crippen LogP contribution in [0.4, 0.5) is 0 Å². The number of aromatic amines is 1. The molecule has 20 heavy (non-hydrogen) atoms. The van der Waals surface area contributed by atoms with Crippen molar-refractivity contribution in [2.75, 3.05) is 13.2 Å². The zero-order valence-electron chi connectivity index (χ0n) is 12.8. The Morgan fingerprint density at radius 1 is 1.25 bits per heavy atom. The molecule has 0 saturated heterocycles. The summed E-state index contributed by atoms with van der Waals surface area (Å²) in [5, 5.41) is 10.3. The summed E-state index contributed by atoms with van der Waals surface area (Å²) in [6, 6.07) is -0.322. The van der Waals surface area contributed by atoms with Gasteiger partial charge in [-0.25, -0.2) is 4.79 Å². The number of ether oxygens (including phenoxy) is 1. The smallest absolute Gasteiger partial charge is 0.331 e. The van der Waals surface area contributed by atoms with E-state index in [9.17, 15) is 14.7 Å². The van der Waals surface area contributed by atoms with Gasteiger partial charge in [0.05, 0.1) is 18.2 Å². The molecule has 0 fully saturated rings. The number of aromatic nitrogens is 2. The maximum atomic E-state index is 12.0. The van der Waals surface area contributed by atoms with Crippen LogP contribution in [-0.2, 0) is 4.74 Å². The number of nitrogens with one attached hydrogen (secondary N) is 1. The molecule has 0 aliphatic rings. The highest BCUT2D eigenvalue weighted by Gasteiger charge is 2.24. The van der Waals surface area contributed by atoms with Crippen molar-refractivity contribution in [1.29, 1.82) is 0 Å². The van der Waals surface area contributed by atoms with Crippen LogP contribution in [0.25, 0.3) is 0 Å². The molecular weight excluding hydrogens is 260 g/mol. The van der Waals surface area contributed by atoms with Crippen molar-refractivity contribution in [2.24, 2.45) is 5.92 Å². The molecule has 1 aromatic heterocycles. The van der Waals surface area contributed by atoms with Gasteiger partial charge in [-0.3, -0.25) is 14.3 Å². The molecule has 6 heteroatoms. The highest BCUT2D eigenvalue weighted by molar-refractivity contribution is 5.26. The highest BCUT2D eigenvalue weighted by atomic mass is 16.5. The second-order valence-corrected chi connectivity index (χ2v) is 5.49. The molecule has 1 unspecified atom stereocenters. The minimum absolute atomic E-state index is 0.0797. The predicted octanol–water partition coefficient (Wildman–Crippen LogP) is 1.60. The standard InChI is InChI=1S/C14H24N2O4/c1-6-20-7-10(8(2)3)16-13(18)11(9(4)5)12(17)15-14(16)19/h8-10,18H,6-7H2,1-5H3,(H,15,17,19). The number of aromatic hydroxyl groups is 1. The topological polar surface area (TPSA) is 84.3 Å². The van der Waals surface area contributed by atoms with Crippen LogP contribution in [-0.4, -0.2) is 27.9 Å². The van der Waals surface area contributed by atoms with Crippen molar-refractivity contribution in [3.8, 4) is 5.88 Å². The SMILES string of the molecule is CCOCC(C(C)C)n1c(O)c(C(C)C)c(=O)[nH]c1=O. The molecule has 1 atom stereocenters. The largest absolute Gasteiger partial charge is 0.494 e. The average Bonchev–Trinajstić information content (AvgIpc) is 2.31. The third kappa shape index (κ3) is 3.30. The van der Waals surface area contributed by atoms with Gasteiger partial charge in [-0.05, 0) is 18.8 Å². The first-order valence-corrected chi connectivity index (χ1v) is 6.96. The Hall–Kier alpha value is -1.56. The van der Waals surface area contributed by atoms with Crippen LogP contribution in [0.5, 0.6) is 5.88 Å². The molecule has 2 N–H and O–H groups in total. The number of hydrogen-bond acceptors (Lipinski definition) is 4. The van der Waals surface area contributed by atoms with E-state index in [4.69, 9.17) is 4.74 Å². The molecule has 0 amide bonds. The summed E-state index contributed by atoms with van der Waals surface area (Å²) in [4.78, 5) is 26.1.